The van der Waals surface area contributed by atoms with Gasteiger partial charge in [0.2, 0.25) is 0 Å². The molecule has 16 heavy (non-hydrogen) atoms. The van der Waals surface area contributed by atoms with E-state index in [1.807, 2.05) is 42.5 Å². The maximum Gasteiger partial charge on any atom is 0.119 e. The van der Waals surface area contributed by atoms with Crippen LogP contribution in [0.15, 0.2) is 58.3 Å². The Balaban J connectivity index is 2.16. The average Bonchev–Trinajstić information content (AvgIpc) is 2.32. The molecule has 2 aromatic carbocycles. The van der Waals surface area contributed by atoms with Gasteiger partial charge >= 0.3 is 0 Å². The molecule has 0 amide bonds. The van der Waals surface area contributed by atoms with Gasteiger partial charge in [-0.2, -0.15) is 0 Å². The summed E-state index contributed by atoms with van der Waals surface area (Å²) < 4.78 is 5.18. The van der Waals surface area contributed by atoms with Crippen LogP contribution in [0.1, 0.15) is 0 Å². The van der Waals surface area contributed by atoms with Crippen molar-refractivity contribution >= 4 is 23.4 Å². The van der Waals surface area contributed by atoms with Crippen molar-refractivity contribution in [3.8, 4) is 5.75 Å². The van der Waals surface area contributed by atoms with Crippen LogP contribution >= 0.6 is 23.4 Å². The highest BCUT2D eigenvalue weighted by Crippen LogP contribution is 2.30. The van der Waals surface area contributed by atoms with E-state index < -0.39 is 0 Å². The van der Waals surface area contributed by atoms with Gasteiger partial charge in [0.15, 0.2) is 0 Å². The molecule has 3 heteroatoms. The molecule has 1 nitrogen and oxygen atoms in total. The van der Waals surface area contributed by atoms with Gasteiger partial charge in [0, 0.05) is 14.8 Å². The molecule has 82 valence electrons. The smallest absolute Gasteiger partial charge is 0.119 e. The third-order valence-electron chi connectivity index (χ3n) is 2.09. The van der Waals surface area contributed by atoms with Gasteiger partial charge in [0.25, 0.3) is 0 Å². The second-order valence-electron chi connectivity index (χ2n) is 3.23. The molecule has 0 aliphatic carbocycles. The van der Waals surface area contributed by atoms with Crippen molar-refractivity contribution in [1.29, 1.82) is 0 Å². The van der Waals surface area contributed by atoms with Crippen LogP contribution in [0.25, 0.3) is 0 Å². The van der Waals surface area contributed by atoms with Crippen LogP contribution in [-0.2, 0) is 0 Å². The highest BCUT2D eigenvalue weighted by atomic mass is 35.5. The first-order valence-corrected chi connectivity index (χ1v) is 6.05. The van der Waals surface area contributed by atoms with Gasteiger partial charge in [-0.05, 0) is 42.5 Å². The predicted octanol–water partition coefficient (Wildman–Crippen LogP) is 4.50. The van der Waals surface area contributed by atoms with E-state index in [9.17, 15) is 0 Å². The molecular weight excluding hydrogens is 240 g/mol. The number of benzene rings is 2. The number of hydrogen-bond donors (Lipinski definition) is 0. The third-order valence-corrected chi connectivity index (χ3v) is 3.34. The first-order valence-electron chi connectivity index (χ1n) is 4.85. The normalized spacial score (nSPS) is 10.1. The van der Waals surface area contributed by atoms with E-state index >= 15 is 0 Å². The van der Waals surface area contributed by atoms with E-state index in [4.69, 9.17) is 16.3 Å². The van der Waals surface area contributed by atoms with Crippen molar-refractivity contribution in [2.75, 3.05) is 7.11 Å². The molecule has 0 N–H and O–H groups in total. The lowest BCUT2D eigenvalue weighted by Crippen LogP contribution is -1.82. The van der Waals surface area contributed by atoms with Gasteiger partial charge < -0.3 is 4.74 Å². The van der Waals surface area contributed by atoms with Crippen LogP contribution in [0.3, 0.4) is 0 Å². The Kier molecular flexibility index (Phi) is 3.75. The van der Waals surface area contributed by atoms with Gasteiger partial charge in [-0.1, -0.05) is 29.4 Å². The molecule has 0 heterocycles. The molecule has 0 bridgehead atoms. The third kappa shape index (κ3) is 2.94. The summed E-state index contributed by atoms with van der Waals surface area (Å²) in [5.41, 5.74) is 0. The van der Waals surface area contributed by atoms with Crippen molar-refractivity contribution in [2.45, 2.75) is 9.79 Å². The number of methoxy groups -OCH3 is 1. The van der Waals surface area contributed by atoms with Crippen LogP contribution in [0.4, 0.5) is 0 Å². The van der Waals surface area contributed by atoms with E-state index in [-0.39, 0.29) is 0 Å². The number of rotatable bonds is 3. The Morgan fingerprint density at radius 2 is 1.75 bits per heavy atom. The standard InChI is InChI=1S/C13H11ClOS/c1-15-11-3-2-4-13(9-11)16-12-7-5-10(14)6-8-12/h2-9H,1H3. The van der Waals surface area contributed by atoms with Crippen LogP contribution < -0.4 is 4.74 Å². The second-order valence-corrected chi connectivity index (χ2v) is 4.82. The molecule has 0 aliphatic heterocycles. The summed E-state index contributed by atoms with van der Waals surface area (Å²) in [6, 6.07) is 15.8. The summed E-state index contributed by atoms with van der Waals surface area (Å²) in [7, 11) is 1.67. The molecule has 0 atom stereocenters. The summed E-state index contributed by atoms with van der Waals surface area (Å²) in [5.74, 6) is 0.874. The van der Waals surface area contributed by atoms with Gasteiger partial charge in [0.1, 0.15) is 5.75 Å². The van der Waals surface area contributed by atoms with E-state index in [0.29, 0.717) is 0 Å². The van der Waals surface area contributed by atoms with Crippen LogP contribution in [0, 0.1) is 0 Å². The van der Waals surface area contributed by atoms with E-state index in [1.165, 1.54) is 0 Å². The van der Waals surface area contributed by atoms with Crippen molar-refractivity contribution in [3.05, 3.63) is 53.6 Å². The zero-order valence-electron chi connectivity index (χ0n) is 8.81. The largest absolute Gasteiger partial charge is 0.497 e. The number of halogens is 1. The van der Waals surface area contributed by atoms with Crippen LogP contribution in [0.2, 0.25) is 5.02 Å². The molecule has 0 aromatic heterocycles. The maximum atomic E-state index is 5.83. The molecule has 2 aromatic rings. The van der Waals surface area contributed by atoms with E-state index in [2.05, 4.69) is 6.07 Å². The molecule has 0 unspecified atom stereocenters. The Bertz CT molecular complexity index is 468. The summed E-state index contributed by atoms with van der Waals surface area (Å²) in [5, 5.41) is 0.759. The minimum absolute atomic E-state index is 0.759. The summed E-state index contributed by atoms with van der Waals surface area (Å²) in [4.78, 5) is 2.32. The van der Waals surface area contributed by atoms with Crippen LogP contribution in [0.5, 0.6) is 5.75 Å². The fourth-order valence-electron chi connectivity index (χ4n) is 1.30. The SMILES string of the molecule is COc1cccc(Sc2ccc(Cl)cc2)c1. The zero-order chi connectivity index (χ0) is 11.4. The Morgan fingerprint density at radius 3 is 2.44 bits per heavy atom. The first kappa shape index (κ1) is 11.4. The molecular formula is C13H11ClOS. The minimum Gasteiger partial charge on any atom is -0.497 e. The summed E-state index contributed by atoms with van der Waals surface area (Å²) in [6.45, 7) is 0. The lowest BCUT2D eigenvalue weighted by Gasteiger charge is -2.04. The first-order chi connectivity index (χ1) is 7.78. The second kappa shape index (κ2) is 5.28. The lowest BCUT2D eigenvalue weighted by atomic mass is 10.3. The molecule has 0 saturated carbocycles. The molecule has 0 saturated heterocycles. The van der Waals surface area contributed by atoms with E-state index in [0.717, 1.165) is 20.6 Å². The van der Waals surface area contributed by atoms with Gasteiger partial charge in [-0.25, -0.2) is 0 Å². The van der Waals surface area contributed by atoms with Crippen LogP contribution in [-0.4, -0.2) is 7.11 Å². The Labute approximate surface area is 104 Å². The summed E-state index contributed by atoms with van der Waals surface area (Å²) in [6.07, 6.45) is 0. The molecule has 2 rings (SSSR count). The topological polar surface area (TPSA) is 9.23 Å². The molecule has 0 aliphatic rings. The Morgan fingerprint density at radius 1 is 1.00 bits per heavy atom. The Hall–Kier alpha value is -1.12. The lowest BCUT2D eigenvalue weighted by molar-refractivity contribution is 0.413. The molecule has 0 fully saturated rings. The monoisotopic (exact) mass is 250 g/mol. The fraction of sp³-hybridized carbons (Fsp3) is 0.0769. The summed E-state index contributed by atoms with van der Waals surface area (Å²) >= 11 is 7.52. The minimum atomic E-state index is 0.759. The number of hydrogen-bond acceptors (Lipinski definition) is 2. The van der Waals surface area contributed by atoms with Crippen molar-refractivity contribution in [3.63, 3.8) is 0 Å². The number of ether oxygens (including phenoxy) is 1. The highest BCUT2D eigenvalue weighted by Gasteiger charge is 1.99. The quantitative estimate of drug-likeness (QED) is 0.793. The molecule has 0 radical (unpaired) electrons. The van der Waals surface area contributed by atoms with Gasteiger partial charge in [0.05, 0.1) is 7.11 Å². The van der Waals surface area contributed by atoms with E-state index in [1.54, 1.807) is 18.9 Å². The van der Waals surface area contributed by atoms with Crippen molar-refractivity contribution in [1.82, 2.24) is 0 Å². The highest BCUT2D eigenvalue weighted by molar-refractivity contribution is 7.99. The zero-order valence-corrected chi connectivity index (χ0v) is 10.4. The maximum absolute atomic E-state index is 5.83. The van der Waals surface area contributed by atoms with Gasteiger partial charge in [-0.3, -0.25) is 0 Å². The van der Waals surface area contributed by atoms with Gasteiger partial charge in [-0.15, -0.1) is 0 Å². The molecule has 0 spiro atoms. The predicted molar refractivity (Wildman–Crippen MR) is 68.6 cm³/mol. The fourth-order valence-corrected chi connectivity index (χ4v) is 2.30. The van der Waals surface area contributed by atoms with Crippen molar-refractivity contribution in [2.24, 2.45) is 0 Å². The van der Waals surface area contributed by atoms with Crippen molar-refractivity contribution < 1.29 is 4.74 Å². The average molecular weight is 251 g/mol.